The summed E-state index contributed by atoms with van der Waals surface area (Å²) in [5, 5.41) is 0. The van der Waals surface area contributed by atoms with Gasteiger partial charge >= 0.3 is 6.09 Å². The zero-order valence-corrected chi connectivity index (χ0v) is 9.09. The Bertz CT molecular complexity index is 159. The Morgan fingerprint density at radius 3 is 2.00 bits per heavy atom. The van der Waals surface area contributed by atoms with E-state index in [0.29, 0.717) is 13.1 Å². The van der Waals surface area contributed by atoms with Gasteiger partial charge in [-0.05, 0) is 34.6 Å². The van der Waals surface area contributed by atoms with Crippen molar-refractivity contribution in [3.63, 3.8) is 0 Å². The minimum Gasteiger partial charge on any atom is -0.306 e. The van der Waals surface area contributed by atoms with E-state index in [-0.39, 0.29) is 0 Å². The van der Waals surface area contributed by atoms with E-state index in [1.54, 1.807) is 4.90 Å². The molecular weight excluding hydrogens is 170 g/mol. The molecule has 0 rings (SSSR count). The lowest BCUT2D eigenvalue weighted by Gasteiger charge is -2.21. The van der Waals surface area contributed by atoms with E-state index < -0.39 is 11.7 Å². The third kappa shape index (κ3) is 5.47. The zero-order valence-electron chi connectivity index (χ0n) is 9.09. The van der Waals surface area contributed by atoms with E-state index in [1.165, 1.54) is 0 Å². The number of amides is 1. The molecule has 1 amide bonds. The topological polar surface area (TPSA) is 38.8 Å². The maximum absolute atomic E-state index is 11.2. The van der Waals surface area contributed by atoms with Gasteiger partial charge in [0.05, 0.1) is 0 Å². The van der Waals surface area contributed by atoms with Crippen LogP contribution in [0.5, 0.6) is 0 Å². The van der Waals surface area contributed by atoms with Gasteiger partial charge in [-0.15, -0.1) is 0 Å². The lowest BCUT2D eigenvalue weighted by atomic mass is 10.2. The Labute approximate surface area is 79.7 Å². The molecule has 0 spiro atoms. The molecule has 0 aromatic rings. The van der Waals surface area contributed by atoms with Crippen molar-refractivity contribution in [2.24, 2.45) is 0 Å². The molecule has 0 radical (unpaired) electrons. The highest BCUT2D eigenvalue weighted by molar-refractivity contribution is 5.66. The second kappa shape index (κ2) is 5.07. The average molecular weight is 189 g/mol. The zero-order chi connectivity index (χ0) is 10.5. The van der Waals surface area contributed by atoms with Crippen LogP contribution < -0.4 is 0 Å². The number of rotatable bonds is 3. The Kier molecular flexibility index (Phi) is 4.77. The molecule has 78 valence electrons. The summed E-state index contributed by atoms with van der Waals surface area (Å²) >= 11 is 0. The van der Waals surface area contributed by atoms with Crippen LogP contribution in [0.3, 0.4) is 0 Å². The Morgan fingerprint density at radius 2 is 1.69 bits per heavy atom. The number of hydrogen-bond acceptors (Lipinski definition) is 3. The summed E-state index contributed by atoms with van der Waals surface area (Å²) in [6.07, 6.45) is -0.431. The lowest BCUT2D eigenvalue weighted by molar-refractivity contribution is -0.305. The van der Waals surface area contributed by atoms with Crippen molar-refractivity contribution >= 4 is 6.09 Å². The van der Waals surface area contributed by atoms with Crippen LogP contribution >= 0.6 is 0 Å². The molecular formula is C9H19NO3. The van der Waals surface area contributed by atoms with Crippen LogP contribution in [-0.4, -0.2) is 29.7 Å². The molecule has 0 fully saturated rings. The van der Waals surface area contributed by atoms with Crippen LogP contribution in [0.1, 0.15) is 34.6 Å². The molecule has 0 heterocycles. The summed E-state index contributed by atoms with van der Waals surface area (Å²) in [4.78, 5) is 22.3. The van der Waals surface area contributed by atoms with Gasteiger partial charge in [-0.2, -0.15) is 4.89 Å². The maximum atomic E-state index is 11.2. The van der Waals surface area contributed by atoms with Crippen LogP contribution in [0.25, 0.3) is 0 Å². The molecule has 0 aromatic heterocycles. The van der Waals surface area contributed by atoms with Crippen molar-refractivity contribution in [1.82, 2.24) is 4.90 Å². The molecule has 0 aromatic carbocycles. The Morgan fingerprint density at radius 1 is 1.23 bits per heavy atom. The second-order valence-electron chi connectivity index (χ2n) is 3.72. The lowest BCUT2D eigenvalue weighted by Crippen LogP contribution is -2.33. The van der Waals surface area contributed by atoms with E-state index in [1.807, 2.05) is 34.6 Å². The molecule has 4 heteroatoms. The standard InChI is InChI=1S/C9H19NO3/c1-6-10(7-2)8(11)12-13-9(3,4)5/h6-7H2,1-5H3. The number of hydrogen-bond donors (Lipinski definition) is 0. The monoisotopic (exact) mass is 189 g/mol. The minimum absolute atomic E-state index is 0.431. The van der Waals surface area contributed by atoms with Crippen molar-refractivity contribution in [1.29, 1.82) is 0 Å². The number of nitrogens with zero attached hydrogens (tertiary/aromatic N) is 1. The van der Waals surface area contributed by atoms with E-state index >= 15 is 0 Å². The Hall–Kier alpha value is -0.770. The van der Waals surface area contributed by atoms with Gasteiger partial charge in [0.25, 0.3) is 0 Å². The Balaban J connectivity index is 3.86. The van der Waals surface area contributed by atoms with Crippen LogP contribution in [0.4, 0.5) is 4.79 Å². The molecule has 0 bridgehead atoms. The molecule has 0 aliphatic rings. The molecule has 0 aliphatic carbocycles. The molecule has 0 N–H and O–H groups in total. The molecule has 4 nitrogen and oxygen atoms in total. The first-order valence-electron chi connectivity index (χ1n) is 4.55. The molecule has 0 aliphatic heterocycles. The third-order valence-electron chi connectivity index (χ3n) is 1.38. The van der Waals surface area contributed by atoms with E-state index in [2.05, 4.69) is 4.89 Å². The summed E-state index contributed by atoms with van der Waals surface area (Å²) in [5.74, 6) is 0. The predicted molar refractivity (Wildman–Crippen MR) is 50.2 cm³/mol. The minimum atomic E-state index is -0.456. The smallest absolute Gasteiger partial charge is 0.306 e. The normalized spacial score (nSPS) is 11.2. The van der Waals surface area contributed by atoms with Gasteiger partial charge in [-0.25, -0.2) is 4.79 Å². The van der Waals surface area contributed by atoms with Gasteiger partial charge in [0.15, 0.2) is 0 Å². The molecule has 13 heavy (non-hydrogen) atoms. The maximum Gasteiger partial charge on any atom is 0.441 e. The first-order valence-corrected chi connectivity index (χ1v) is 4.55. The first-order chi connectivity index (χ1) is 5.90. The summed E-state index contributed by atoms with van der Waals surface area (Å²) in [5.41, 5.74) is -0.456. The largest absolute Gasteiger partial charge is 0.441 e. The van der Waals surface area contributed by atoms with Crippen LogP contribution in [0.15, 0.2) is 0 Å². The van der Waals surface area contributed by atoms with Crippen molar-refractivity contribution in [2.75, 3.05) is 13.1 Å². The SMILES string of the molecule is CCN(CC)C(=O)OOC(C)(C)C. The summed E-state index contributed by atoms with van der Waals surface area (Å²) in [6.45, 7) is 10.5. The first kappa shape index (κ1) is 12.2. The van der Waals surface area contributed by atoms with E-state index in [4.69, 9.17) is 4.89 Å². The van der Waals surface area contributed by atoms with Gasteiger partial charge in [0.1, 0.15) is 5.60 Å². The van der Waals surface area contributed by atoms with Crippen molar-refractivity contribution < 1.29 is 14.6 Å². The quantitative estimate of drug-likeness (QED) is 0.504. The molecule has 0 saturated heterocycles. The fraction of sp³-hybridized carbons (Fsp3) is 0.889. The van der Waals surface area contributed by atoms with Gasteiger partial charge in [0, 0.05) is 13.1 Å². The van der Waals surface area contributed by atoms with Gasteiger partial charge in [-0.1, -0.05) is 0 Å². The summed E-state index contributed by atoms with van der Waals surface area (Å²) in [6, 6.07) is 0. The summed E-state index contributed by atoms with van der Waals surface area (Å²) in [7, 11) is 0. The van der Waals surface area contributed by atoms with Crippen molar-refractivity contribution in [3.05, 3.63) is 0 Å². The second-order valence-corrected chi connectivity index (χ2v) is 3.72. The average Bonchev–Trinajstić information content (AvgIpc) is 2.02. The van der Waals surface area contributed by atoms with E-state index in [9.17, 15) is 4.79 Å². The van der Waals surface area contributed by atoms with Crippen LogP contribution in [0, 0.1) is 0 Å². The third-order valence-corrected chi connectivity index (χ3v) is 1.38. The number of carbonyl (C=O) groups excluding carboxylic acids is 1. The molecule has 0 atom stereocenters. The van der Waals surface area contributed by atoms with Crippen LogP contribution in [0.2, 0.25) is 0 Å². The van der Waals surface area contributed by atoms with Crippen molar-refractivity contribution in [2.45, 2.75) is 40.2 Å². The van der Waals surface area contributed by atoms with Crippen molar-refractivity contribution in [3.8, 4) is 0 Å². The summed E-state index contributed by atoms with van der Waals surface area (Å²) < 4.78 is 0. The highest BCUT2D eigenvalue weighted by Crippen LogP contribution is 2.08. The highest BCUT2D eigenvalue weighted by Gasteiger charge is 2.17. The molecule has 0 unspecified atom stereocenters. The van der Waals surface area contributed by atoms with Gasteiger partial charge < -0.3 is 4.90 Å². The van der Waals surface area contributed by atoms with Gasteiger partial charge in [0.2, 0.25) is 0 Å². The van der Waals surface area contributed by atoms with Crippen LogP contribution in [-0.2, 0) is 9.78 Å². The number of carbonyl (C=O) groups is 1. The fourth-order valence-corrected chi connectivity index (χ4v) is 0.695. The van der Waals surface area contributed by atoms with E-state index in [0.717, 1.165) is 0 Å². The highest BCUT2D eigenvalue weighted by atomic mass is 17.2. The van der Waals surface area contributed by atoms with Gasteiger partial charge in [-0.3, -0.25) is 4.89 Å². The molecule has 0 saturated carbocycles. The predicted octanol–water partition coefficient (Wildman–Crippen LogP) is 2.19. The fourth-order valence-electron chi connectivity index (χ4n) is 0.695.